The van der Waals surface area contributed by atoms with Crippen molar-refractivity contribution in [1.82, 2.24) is 9.97 Å². The van der Waals surface area contributed by atoms with Gasteiger partial charge in [-0.3, -0.25) is 0 Å². The summed E-state index contributed by atoms with van der Waals surface area (Å²) in [5.74, 6) is 2.48. The largest absolute Gasteiger partial charge is 0.457 e. The number of fused-ring (bicyclic) bond motifs is 9. The molecule has 2 heterocycles. The van der Waals surface area contributed by atoms with Crippen molar-refractivity contribution in [3.63, 3.8) is 0 Å². The van der Waals surface area contributed by atoms with Gasteiger partial charge in [0.15, 0.2) is 5.82 Å². The minimum atomic E-state index is -0.522. The Hall–Kier alpha value is -7.36. The van der Waals surface area contributed by atoms with Crippen LogP contribution in [0.25, 0.3) is 73.0 Å². The van der Waals surface area contributed by atoms with Gasteiger partial charge in [-0.15, -0.1) is 0 Å². The lowest BCUT2D eigenvalue weighted by Gasteiger charge is -2.39. The summed E-state index contributed by atoms with van der Waals surface area (Å²) in [6, 6.07) is 65.3. The number of rotatable bonds is 4. The molecule has 1 aliphatic heterocycles. The lowest BCUT2D eigenvalue weighted by molar-refractivity contribution is 0.436. The first kappa shape index (κ1) is 31.9. The van der Waals surface area contributed by atoms with Gasteiger partial charge in [-0.1, -0.05) is 152 Å². The Bertz CT molecular complexity index is 3100. The Morgan fingerprint density at radius 1 is 0.439 bits per heavy atom. The third kappa shape index (κ3) is 4.79. The Labute approximate surface area is 331 Å². The summed E-state index contributed by atoms with van der Waals surface area (Å²) < 4.78 is 6.72. The van der Waals surface area contributed by atoms with Crippen LogP contribution in [-0.4, -0.2) is 9.97 Å². The molecule has 2 aliphatic carbocycles. The number of aromatic nitrogens is 2. The molecule has 3 nitrogen and oxygen atoms in total. The number of hydrogen-bond acceptors (Lipinski definition) is 3. The average molecular weight is 727 g/mol. The molecule has 0 unspecified atom stereocenters. The van der Waals surface area contributed by atoms with Gasteiger partial charge in [-0.05, 0) is 104 Å². The molecule has 9 aromatic rings. The highest BCUT2D eigenvalue weighted by Gasteiger charge is 2.51. The third-order valence-corrected chi connectivity index (χ3v) is 12.1. The van der Waals surface area contributed by atoms with Crippen LogP contribution in [0.15, 0.2) is 188 Å². The molecule has 0 saturated heterocycles. The van der Waals surface area contributed by atoms with E-state index in [-0.39, 0.29) is 0 Å². The molecule has 0 radical (unpaired) electrons. The van der Waals surface area contributed by atoms with E-state index >= 15 is 0 Å². The normalized spacial score (nSPS) is 13.8. The zero-order chi connectivity index (χ0) is 37.5. The average Bonchev–Trinajstić information content (AvgIpc) is 3.57. The maximum Gasteiger partial charge on any atom is 0.160 e. The van der Waals surface area contributed by atoms with Gasteiger partial charge in [0.1, 0.15) is 11.5 Å². The third-order valence-electron chi connectivity index (χ3n) is 12.1. The van der Waals surface area contributed by atoms with Crippen LogP contribution in [0.1, 0.15) is 33.4 Å². The van der Waals surface area contributed by atoms with Gasteiger partial charge in [0.05, 0.1) is 16.8 Å². The van der Waals surface area contributed by atoms with E-state index in [9.17, 15) is 0 Å². The fourth-order valence-electron chi connectivity index (χ4n) is 9.66. The lowest BCUT2D eigenvalue weighted by atomic mass is 9.66. The maximum absolute atomic E-state index is 6.72. The highest BCUT2D eigenvalue weighted by Crippen LogP contribution is 2.62. The van der Waals surface area contributed by atoms with E-state index in [2.05, 4.69) is 176 Å². The van der Waals surface area contributed by atoms with Crippen LogP contribution in [-0.2, 0) is 11.8 Å². The minimum absolute atomic E-state index is 0.522. The van der Waals surface area contributed by atoms with Crippen LogP contribution in [0, 0.1) is 0 Å². The van der Waals surface area contributed by atoms with Crippen molar-refractivity contribution in [2.45, 2.75) is 11.8 Å². The number of hydrogen-bond donors (Lipinski definition) is 0. The van der Waals surface area contributed by atoms with Gasteiger partial charge in [0.2, 0.25) is 0 Å². The van der Waals surface area contributed by atoms with Crippen molar-refractivity contribution in [3.05, 3.63) is 221 Å². The zero-order valence-corrected chi connectivity index (χ0v) is 31.0. The van der Waals surface area contributed by atoms with E-state index in [0.29, 0.717) is 5.82 Å². The summed E-state index contributed by atoms with van der Waals surface area (Å²) in [6.07, 6.45) is 5.46. The van der Waals surface area contributed by atoms with Gasteiger partial charge >= 0.3 is 0 Å². The minimum Gasteiger partial charge on any atom is -0.457 e. The molecule has 3 heteroatoms. The first-order chi connectivity index (χ1) is 28.2. The van der Waals surface area contributed by atoms with E-state index in [1.54, 1.807) is 0 Å². The highest BCUT2D eigenvalue weighted by molar-refractivity contribution is 5.98. The summed E-state index contributed by atoms with van der Waals surface area (Å²) >= 11 is 0. The summed E-state index contributed by atoms with van der Waals surface area (Å²) in [5.41, 5.74) is 16.6. The van der Waals surface area contributed by atoms with Gasteiger partial charge in [-0.2, -0.15) is 0 Å². The second kappa shape index (κ2) is 12.3. The monoisotopic (exact) mass is 726 g/mol. The summed E-state index contributed by atoms with van der Waals surface area (Å²) in [4.78, 5) is 10.4. The quantitative estimate of drug-likeness (QED) is 0.181. The van der Waals surface area contributed by atoms with Crippen LogP contribution in [0.2, 0.25) is 0 Å². The number of para-hydroxylation sites is 1. The van der Waals surface area contributed by atoms with E-state index in [0.717, 1.165) is 68.3 Å². The molecule has 0 atom stereocenters. The first-order valence-electron chi connectivity index (χ1n) is 19.6. The van der Waals surface area contributed by atoms with Gasteiger partial charge in [0, 0.05) is 27.8 Å². The first-order valence-corrected chi connectivity index (χ1v) is 19.6. The number of ether oxygens (including phenoxy) is 1. The van der Waals surface area contributed by atoms with Crippen LogP contribution < -0.4 is 4.74 Å². The van der Waals surface area contributed by atoms with Crippen LogP contribution in [0.3, 0.4) is 0 Å². The van der Waals surface area contributed by atoms with Gasteiger partial charge in [0.25, 0.3) is 0 Å². The number of benzene rings is 8. The Morgan fingerprint density at radius 2 is 1.09 bits per heavy atom. The molecule has 8 aromatic carbocycles. The molecule has 57 heavy (non-hydrogen) atoms. The van der Waals surface area contributed by atoms with Crippen molar-refractivity contribution >= 4 is 16.8 Å². The van der Waals surface area contributed by atoms with E-state index in [1.807, 2.05) is 18.2 Å². The molecule has 12 rings (SSSR count). The van der Waals surface area contributed by atoms with Gasteiger partial charge < -0.3 is 4.74 Å². The fraction of sp³-hybridized carbons (Fsp3) is 0.0370. The molecule has 1 spiro atoms. The van der Waals surface area contributed by atoms with Crippen molar-refractivity contribution in [1.29, 1.82) is 0 Å². The Balaban J connectivity index is 1.03. The number of allylic oxidation sites excluding steroid dienone is 1. The molecule has 0 fully saturated rings. The standard InChI is InChI=1S/C54H34N2O/c1-2-13-35(14-3-1)53-55-48(33-49(56-53)41-30-39-19-10-15-34-16-11-20-40(31-41)52(34)39)38-18-12-17-36(29-38)37-27-28-51-47(32-37)54(46-25-8-9-26-50(46)57-51)44-23-6-4-21-42(44)43-22-5-7-24-45(43)54/h1-15,17-33H,16H2. The van der Waals surface area contributed by atoms with Gasteiger partial charge in [-0.25, -0.2) is 9.97 Å². The predicted octanol–water partition coefficient (Wildman–Crippen LogP) is 13.3. The van der Waals surface area contributed by atoms with Crippen molar-refractivity contribution in [2.75, 3.05) is 0 Å². The molecule has 1 aromatic heterocycles. The van der Waals surface area contributed by atoms with Crippen LogP contribution in [0.4, 0.5) is 0 Å². The SMILES string of the molecule is C1=Cc2cc(-c3cc(-c4cccc(-c5ccc6c(c5)C5(c7ccccc7O6)c6ccccc6-c6ccccc65)c4)nc(-c4ccccc4)n3)cc3cccc(c23)C1. The molecule has 3 aliphatic rings. The number of nitrogens with zero attached hydrogens (tertiary/aromatic N) is 2. The van der Waals surface area contributed by atoms with E-state index in [1.165, 1.54) is 44.2 Å². The highest BCUT2D eigenvalue weighted by atomic mass is 16.5. The molecule has 0 bridgehead atoms. The fourth-order valence-corrected chi connectivity index (χ4v) is 9.66. The van der Waals surface area contributed by atoms with E-state index < -0.39 is 5.41 Å². The van der Waals surface area contributed by atoms with E-state index in [4.69, 9.17) is 14.7 Å². The smallest absolute Gasteiger partial charge is 0.160 e. The lowest BCUT2D eigenvalue weighted by Crippen LogP contribution is -2.32. The van der Waals surface area contributed by atoms with Crippen molar-refractivity contribution in [3.8, 4) is 67.7 Å². The second-order valence-electron chi connectivity index (χ2n) is 15.2. The summed E-state index contributed by atoms with van der Waals surface area (Å²) in [6.45, 7) is 0. The second-order valence-corrected chi connectivity index (χ2v) is 15.2. The molecule has 0 saturated carbocycles. The van der Waals surface area contributed by atoms with Crippen molar-refractivity contribution < 1.29 is 4.74 Å². The Morgan fingerprint density at radius 3 is 1.91 bits per heavy atom. The molecule has 266 valence electrons. The van der Waals surface area contributed by atoms with Crippen molar-refractivity contribution in [2.24, 2.45) is 0 Å². The molecular weight excluding hydrogens is 693 g/mol. The topological polar surface area (TPSA) is 35.0 Å². The van der Waals surface area contributed by atoms with Crippen LogP contribution >= 0.6 is 0 Å². The Kier molecular flexibility index (Phi) is 6.91. The summed E-state index contributed by atoms with van der Waals surface area (Å²) in [7, 11) is 0. The zero-order valence-electron chi connectivity index (χ0n) is 31.0. The molecular formula is C54H34N2O. The summed E-state index contributed by atoms with van der Waals surface area (Å²) in [5, 5.41) is 2.57. The molecule has 0 N–H and O–H groups in total. The van der Waals surface area contributed by atoms with Crippen LogP contribution in [0.5, 0.6) is 11.5 Å². The maximum atomic E-state index is 6.72. The predicted molar refractivity (Wildman–Crippen MR) is 231 cm³/mol. The molecule has 0 amide bonds.